The molecule has 3 saturated heterocycles. The number of carbonyl (C=O) groups is 2. The first-order chi connectivity index (χ1) is 29.4. The number of hydrogen-bond donors (Lipinski definition) is 5. The molecule has 2 amide bonds. The summed E-state index contributed by atoms with van der Waals surface area (Å²) >= 11 is 0. The molecule has 0 unspecified atom stereocenters. The van der Waals surface area contributed by atoms with Crippen molar-refractivity contribution in [2.45, 2.75) is 192 Å². The van der Waals surface area contributed by atoms with Crippen molar-refractivity contribution in [3.63, 3.8) is 0 Å². The van der Waals surface area contributed by atoms with Crippen molar-refractivity contribution in [1.82, 2.24) is 15.1 Å². The van der Waals surface area contributed by atoms with Crippen molar-refractivity contribution in [3.8, 4) is 0 Å². The molecule has 3 aliphatic heterocycles. The topological polar surface area (TPSA) is 198 Å². The lowest BCUT2D eigenvalue weighted by atomic mass is 9.77. The average molecular weight is 894 g/mol. The lowest BCUT2D eigenvalue weighted by Gasteiger charge is -2.49. The van der Waals surface area contributed by atoms with Crippen LogP contribution in [0, 0.1) is 17.8 Å². The van der Waals surface area contributed by atoms with Gasteiger partial charge in [-0.05, 0) is 93.3 Å². The van der Waals surface area contributed by atoms with Gasteiger partial charge in [0.25, 0.3) is 0 Å². The summed E-state index contributed by atoms with van der Waals surface area (Å²) in [6.45, 7) is 21.7. The molecule has 3 fully saturated rings. The number of carbonyl (C=O) groups excluding carboxylic acids is 2. The van der Waals surface area contributed by atoms with Gasteiger partial charge in [-0.25, -0.2) is 4.79 Å². The number of nitrogens with one attached hydrogen (secondary N) is 1. The highest BCUT2D eigenvalue weighted by molar-refractivity contribution is 5.75. The van der Waals surface area contributed by atoms with E-state index in [0.717, 1.165) is 5.56 Å². The summed E-state index contributed by atoms with van der Waals surface area (Å²) in [7, 11) is 5.28. The van der Waals surface area contributed by atoms with Crippen molar-refractivity contribution in [1.29, 1.82) is 0 Å². The maximum absolute atomic E-state index is 14.6. The molecule has 18 atom stereocenters. The summed E-state index contributed by atoms with van der Waals surface area (Å²) in [6.07, 6.45) is -7.72. The highest BCUT2D eigenvalue weighted by Gasteiger charge is 2.54. The Hall–Kier alpha value is -2.90. The molecular weight excluding hydrogens is 815 g/mol. The molecule has 3 aliphatic rings. The zero-order chi connectivity index (χ0) is 47.2. The molecule has 0 saturated carbocycles. The molecule has 0 aromatic heterocycles. The number of cyclic esters (lactones) is 1. The zero-order valence-corrected chi connectivity index (χ0v) is 39.9. The van der Waals surface area contributed by atoms with Crippen LogP contribution in [0.2, 0.25) is 0 Å². The molecule has 4 rings (SSSR count). The molecule has 0 aliphatic carbocycles. The van der Waals surface area contributed by atoms with Gasteiger partial charge in [-0.3, -0.25) is 4.79 Å². The van der Waals surface area contributed by atoms with Crippen LogP contribution in [0.15, 0.2) is 43.2 Å². The Kier molecular flexibility index (Phi) is 18.5. The Morgan fingerprint density at radius 2 is 1.63 bits per heavy atom. The van der Waals surface area contributed by atoms with Crippen LogP contribution in [0.25, 0.3) is 0 Å². The van der Waals surface area contributed by atoms with E-state index < -0.39 is 102 Å². The van der Waals surface area contributed by atoms with Gasteiger partial charge in [-0.1, -0.05) is 57.7 Å². The number of esters is 1. The minimum Gasteiger partial charge on any atom is -0.493 e. The van der Waals surface area contributed by atoms with Gasteiger partial charge in [0.2, 0.25) is 0 Å². The van der Waals surface area contributed by atoms with Crippen molar-refractivity contribution < 1.29 is 63.2 Å². The first kappa shape index (κ1) is 52.7. The second-order valence-electron chi connectivity index (χ2n) is 19.3. The minimum absolute atomic E-state index is 0.0903. The molecule has 0 radical (unpaired) electrons. The van der Waals surface area contributed by atoms with Crippen molar-refractivity contribution in [3.05, 3.63) is 48.7 Å². The Bertz CT molecular complexity index is 1620. The molecule has 1 aromatic carbocycles. The summed E-state index contributed by atoms with van der Waals surface area (Å²) < 4.78 is 44.9. The molecule has 0 spiro atoms. The number of rotatable bonds is 11. The Morgan fingerprint density at radius 3 is 2.22 bits per heavy atom. The number of ether oxygens (including phenoxy) is 7. The fraction of sp³-hybridized carbons (Fsp3) is 0.787. The van der Waals surface area contributed by atoms with Crippen LogP contribution >= 0.6 is 0 Å². The third kappa shape index (κ3) is 12.3. The number of amides is 2. The van der Waals surface area contributed by atoms with Gasteiger partial charge in [0.15, 0.2) is 12.6 Å². The molecule has 3 heterocycles. The number of benzene rings is 1. The van der Waals surface area contributed by atoms with Crippen LogP contribution in [0.1, 0.15) is 100 Å². The minimum atomic E-state index is -2.02. The molecule has 63 heavy (non-hydrogen) atoms. The van der Waals surface area contributed by atoms with E-state index in [4.69, 9.17) is 33.2 Å². The van der Waals surface area contributed by atoms with E-state index in [1.807, 2.05) is 77.0 Å². The van der Waals surface area contributed by atoms with E-state index in [2.05, 4.69) is 11.9 Å². The SMILES string of the molecule is C=CO[C@]1(C)C[C@@H](C)CN(C(=O)NCc2ccccc2)[C@H](C)[C@@H](O)[C@](C)(O)[C@@H](CC)OC(=O)[C@H](C)[C@@H](O[C@H]2C[C@@](C)(OC)[C@@H](O)[C@H](C)O2)[C@H](C)[C@H]1O[C@@H]1O[C@H](C)C[C@H](N(C)C)[C@H]1O. The van der Waals surface area contributed by atoms with E-state index in [0.29, 0.717) is 6.42 Å². The molecule has 5 N–H and O–H groups in total. The first-order valence-electron chi connectivity index (χ1n) is 22.6. The second kappa shape index (κ2) is 22.1. The molecule has 360 valence electrons. The standard InChI is InChI=1S/C47H79N3O13/c1-15-35-47(11,56)39(52)31(7)50(44(55)48-25-33-20-18-17-19-21-33)26-27(3)23-46(10,58-16-2)41(63-43-37(51)34(49(12)13)22-28(4)59-43)29(5)38(30(6)42(54)61-35)62-36-24-45(9,57-14)40(53)32(8)60-36/h16-21,27-32,34-41,43,51-53,56H,2,15,22-26H2,1,3-14H3,(H,48,55)/t27-,28-,29+,30-,31-,32+,34+,35-,36+,37-,38+,39-,40+,41-,43+,45-,46-,47-/m1/s1. The molecule has 16 nitrogen and oxygen atoms in total. The van der Waals surface area contributed by atoms with Gasteiger partial charge in [-0.2, -0.15) is 0 Å². The van der Waals surface area contributed by atoms with Gasteiger partial charge in [0.05, 0.1) is 42.1 Å². The molecular formula is C47H79N3O13. The lowest BCUT2D eigenvalue weighted by molar-refractivity contribution is -0.318. The zero-order valence-electron chi connectivity index (χ0n) is 39.9. The number of likely N-dealkylation sites (N-methyl/N-ethyl adjacent to an activating group) is 1. The summed E-state index contributed by atoms with van der Waals surface area (Å²) in [5.74, 6) is -2.94. The third-order valence-electron chi connectivity index (χ3n) is 13.8. The highest BCUT2D eigenvalue weighted by Crippen LogP contribution is 2.41. The number of methoxy groups -OCH3 is 1. The highest BCUT2D eigenvalue weighted by atomic mass is 16.7. The predicted molar refractivity (Wildman–Crippen MR) is 236 cm³/mol. The van der Waals surface area contributed by atoms with E-state index >= 15 is 0 Å². The number of nitrogens with zero attached hydrogens (tertiary/aromatic N) is 2. The maximum Gasteiger partial charge on any atom is 0.318 e. The normalized spacial score (nSPS) is 42.4. The van der Waals surface area contributed by atoms with Crippen molar-refractivity contribution in [2.75, 3.05) is 27.7 Å². The average Bonchev–Trinajstić information content (AvgIpc) is 3.23. The van der Waals surface area contributed by atoms with Crippen LogP contribution in [-0.2, 0) is 44.5 Å². The maximum atomic E-state index is 14.6. The van der Waals surface area contributed by atoms with Crippen LogP contribution in [0.5, 0.6) is 0 Å². The monoisotopic (exact) mass is 894 g/mol. The van der Waals surface area contributed by atoms with Crippen LogP contribution in [-0.4, -0.2) is 160 Å². The van der Waals surface area contributed by atoms with Crippen molar-refractivity contribution in [2.24, 2.45) is 17.8 Å². The van der Waals surface area contributed by atoms with Crippen LogP contribution in [0.3, 0.4) is 0 Å². The summed E-state index contributed by atoms with van der Waals surface area (Å²) in [6, 6.07) is 7.66. The number of aliphatic hydroxyl groups is 4. The Morgan fingerprint density at radius 1 is 0.984 bits per heavy atom. The quantitative estimate of drug-likeness (QED) is 0.155. The van der Waals surface area contributed by atoms with Crippen LogP contribution in [0.4, 0.5) is 4.79 Å². The third-order valence-corrected chi connectivity index (χ3v) is 13.8. The second-order valence-corrected chi connectivity index (χ2v) is 19.3. The lowest BCUT2D eigenvalue weighted by Crippen LogP contribution is -2.61. The number of hydrogen-bond acceptors (Lipinski definition) is 14. The molecule has 0 bridgehead atoms. The number of urea groups is 1. The molecule has 1 aromatic rings. The van der Waals surface area contributed by atoms with Crippen molar-refractivity contribution >= 4 is 12.0 Å². The summed E-state index contributed by atoms with van der Waals surface area (Å²) in [5.41, 5.74) is -3.51. The summed E-state index contributed by atoms with van der Waals surface area (Å²) in [4.78, 5) is 32.3. The van der Waals surface area contributed by atoms with E-state index in [1.165, 1.54) is 25.2 Å². The fourth-order valence-electron chi connectivity index (χ4n) is 9.93. The van der Waals surface area contributed by atoms with Crippen LogP contribution < -0.4 is 5.32 Å². The Labute approximate surface area is 375 Å². The van der Waals surface area contributed by atoms with E-state index in [9.17, 15) is 30.0 Å². The predicted octanol–water partition coefficient (Wildman–Crippen LogP) is 4.35. The van der Waals surface area contributed by atoms with E-state index in [1.54, 1.807) is 34.6 Å². The first-order valence-corrected chi connectivity index (χ1v) is 22.6. The smallest absolute Gasteiger partial charge is 0.318 e. The number of aliphatic hydroxyl groups excluding tert-OH is 3. The van der Waals surface area contributed by atoms with Gasteiger partial charge >= 0.3 is 12.0 Å². The summed E-state index contributed by atoms with van der Waals surface area (Å²) in [5, 5.41) is 50.1. The molecule has 16 heteroatoms. The van der Waals surface area contributed by atoms with Gasteiger partial charge in [-0.15, -0.1) is 0 Å². The van der Waals surface area contributed by atoms with E-state index in [-0.39, 0.29) is 50.4 Å². The largest absolute Gasteiger partial charge is 0.493 e. The van der Waals surface area contributed by atoms with Gasteiger partial charge < -0.3 is 68.7 Å². The van der Waals surface area contributed by atoms with Gasteiger partial charge in [0, 0.05) is 38.6 Å². The fourth-order valence-corrected chi connectivity index (χ4v) is 9.93. The van der Waals surface area contributed by atoms with Gasteiger partial charge in [0.1, 0.15) is 41.7 Å². The Balaban J connectivity index is 1.90.